The number of carbonyl (C=O) groups is 1. The van der Waals surface area contributed by atoms with Crippen molar-refractivity contribution in [2.45, 2.75) is 6.42 Å². The van der Waals surface area contributed by atoms with Gasteiger partial charge in [-0.2, -0.15) is 0 Å². The quantitative estimate of drug-likeness (QED) is 0.733. The lowest BCUT2D eigenvalue weighted by atomic mass is 10.1. The molecule has 3 rings (SSSR count). The third-order valence-corrected chi connectivity index (χ3v) is 4.96. The third kappa shape index (κ3) is 3.28. The van der Waals surface area contributed by atoms with Crippen LogP contribution in [0, 0.1) is 0 Å². The number of carbonyl (C=O) groups excluding carboxylic acids is 1. The summed E-state index contributed by atoms with van der Waals surface area (Å²) < 4.78 is 1.08. The number of benzene rings is 1. The number of para-hydroxylation sites is 1. The molecule has 4 nitrogen and oxygen atoms in total. The van der Waals surface area contributed by atoms with Crippen LogP contribution in [0.4, 0.5) is 0 Å². The Balaban J connectivity index is 1.76. The number of thiophene rings is 1. The van der Waals surface area contributed by atoms with Gasteiger partial charge in [-0.05, 0) is 40.5 Å². The van der Waals surface area contributed by atoms with Gasteiger partial charge < -0.3 is 10.3 Å². The molecule has 2 aromatic heterocycles. The number of aromatic amines is 1. The van der Waals surface area contributed by atoms with Crippen LogP contribution in [-0.4, -0.2) is 17.4 Å². The monoisotopic (exact) mass is 376 g/mol. The number of pyridine rings is 1. The second kappa shape index (κ2) is 6.46. The highest BCUT2D eigenvalue weighted by atomic mass is 79.9. The molecule has 2 N–H and O–H groups in total. The summed E-state index contributed by atoms with van der Waals surface area (Å²) in [7, 11) is 0. The first-order valence-electron chi connectivity index (χ1n) is 6.78. The fourth-order valence-electron chi connectivity index (χ4n) is 2.27. The molecule has 22 heavy (non-hydrogen) atoms. The molecule has 0 saturated heterocycles. The van der Waals surface area contributed by atoms with Crippen LogP contribution in [0.25, 0.3) is 10.9 Å². The highest BCUT2D eigenvalue weighted by Crippen LogP contribution is 2.22. The smallest absolute Gasteiger partial charge is 0.252 e. The molecular weight excluding hydrogens is 364 g/mol. The Labute approximate surface area is 139 Å². The summed E-state index contributed by atoms with van der Waals surface area (Å²) >= 11 is 5.07. The van der Waals surface area contributed by atoms with Crippen molar-refractivity contribution < 1.29 is 4.79 Å². The molecule has 0 bridgehead atoms. The topological polar surface area (TPSA) is 62.0 Å². The number of hydrogen-bond donors (Lipinski definition) is 2. The van der Waals surface area contributed by atoms with E-state index in [0.29, 0.717) is 17.6 Å². The van der Waals surface area contributed by atoms with Crippen molar-refractivity contribution in [3.63, 3.8) is 0 Å². The van der Waals surface area contributed by atoms with Crippen LogP contribution in [0.3, 0.4) is 0 Å². The first kappa shape index (κ1) is 15.0. The maximum Gasteiger partial charge on any atom is 0.252 e. The summed E-state index contributed by atoms with van der Waals surface area (Å²) in [6.07, 6.45) is 0.767. The van der Waals surface area contributed by atoms with Crippen molar-refractivity contribution >= 4 is 44.1 Å². The minimum Gasteiger partial charge on any atom is -0.352 e. The number of aromatic nitrogens is 1. The average molecular weight is 377 g/mol. The van der Waals surface area contributed by atoms with Crippen LogP contribution in [0.1, 0.15) is 15.2 Å². The predicted molar refractivity (Wildman–Crippen MR) is 92.6 cm³/mol. The van der Waals surface area contributed by atoms with Crippen LogP contribution in [0.2, 0.25) is 0 Å². The van der Waals surface area contributed by atoms with E-state index in [9.17, 15) is 9.59 Å². The molecule has 0 atom stereocenters. The minimum atomic E-state index is -0.272. The summed E-state index contributed by atoms with van der Waals surface area (Å²) in [5.74, 6) is -0.224. The fourth-order valence-corrected chi connectivity index (χ4v) is 3.76. The zero-order valence-corrected chi connectivity index (χ0v) is 14.0. The second-order valence-corrected chi connectivity index (χ2v) is 7.35. The van der Waals surface area contributed by atoms with Crippen molar-refractivity contribution in [1.29, 1.82) is 0 Å². The number of H-pyrrole nitrogens is 1. The second-order valence-electron chi connectivity index (χ2n) is 4.80. The average Bonchev–Trinajstić information content (AvgIpc) is 2.91. The van der Waals surface area contributed by atoms with E-state index in [1.54, 1.807) is 17.4 Å². The lowest BCUT2D eigenvalue weighted by Gasteiger charge is -2.07. The molecule has 3 aromatic rings. The summed E-state index contributed by atoms with van der Waals surface area (Å²) in [5, 5.41) is 3.62. The molecule has 0 aliphatic rings. The van der Waals surface area contributed by atoms with Crippen molar-refractivity contribution in [2.24, 2.45) is 0 Å². The molecule has 0 saturated carbocycles. The van der Waals surface area contributed by atoms with Crippen LogP contribution in [0.15, 0.2) is 51.0 Å². The number of amides is 1. The Hall–Kier alpha value is -1.92. The number of hydrogen-bond acceptors (Lipinski definition) is 3. The summed E-state index contributed by atoms with van der Waals surface area (Å²) in [5.41, 5.74) is 0.806. The first-order valence-corrected chi connectivity index (χ1v) is 8.39. The van der Waals surface area contributed by atoms with Gasteiger partial charge in [0, 0.05) is 28.4 Å². The predicted octanol–water partition coefficient (Wildman–Crippen LogP) is 3.32. The molecule has 0 unspecified atom stereocenters. The van der Waals surface area contributed by atoms with Gasteiger partial charge in [-0.25, -0.2) is 0 Å². The maximum absolute atomic E-state index is 12.3. The normalized spacial score (nSPS) is 10.8. The summed E-state index contributed by atoms with van der Waals surface area (Å²) in [6, 6.07) is 12.7. The van der Waals surface area contributed by atoms with Crippen LogP contribution < -0.4 is 10.9 Å². The number of halogens is 1. The van der Waals surface area contributed by atoms with Gasteiger partial charge in [0.25, 0.3) is 5.91 Å². The van der Waals surface area contributed by atoms with Crippen molar-refractivity contribution in [1.82, 2.24) is 10.3 Å². The Morgan fingerprint density at radius 2 is 2.05 bits per heavy atom. The van der Waals surface area contributed by atoms with Crippen molar-refractivity contribution in [3.05, 3.63) is 67.0 Å². The molecule has 0 aliphatic heterocycles. The molecule has 6 heteroatoms. The van der Waals surface area contributed by atoms with Gasteiger partial charge in [0.1, 0.15) is 0 Å². The Morgan fingerprint density at radius 3 is 2.82 bits per heavy atom. The zero-order valence-electron chi connectivity index (χ0n) is 11.6. The lowest BCUT2D eigenvalue weighted by Crippen LogP contribution is -2.27. The van der Waals surface area contributed by atoms with E-state index in [-0.39, 0.29) is 11.5 Å². The highest BCUT2D eigenvalue weighted by molar-refractivity contribution is 9.11. The van der Waals surface area contributed by atoms with Crippen LogP contribution >= 0.6 is 27.3 Å². The molecule has 0 radical (unpaired) electrons. The largest absolute Gasteiger partial charge is 0.352 e. The summed E-state index contributed by atoms with van der Waals surface area (Å²) in [6.45, 7) is 0.535. The SMILES string of the molecule is O=C(NCCc1ccc(Br)s1)c1cc(=O)[nH]c2ccccc12. The highest BCUT2D eigenvalue weighted by Gasteiger charge is 2.11. The molecule has 2 heterocycles. The molecule has 1 amide bonds. The number of rotatable bonds is 4. The fraction of sp³-hybridized carbons (Fsp3) is 0.125. The standard InChI is InChI=1S/C16H13BrN2O2S/c17-14-6-5-10(22-14)7-8-18-16(21)12-9-15(20)19-13-4-2-1-3-11(12)13/h1-6,9H,7-8H2,(H,18,21)(H,19,20). The number of fused-ring (bicyclic) bond motifs is 1. The molecule has 0 fully saturated rings. The van der Waals surface area contributed by atoms with E-state index in [0.717, 1.165) is 15.6 Å². The van der Waals surface area contributed by atoms with Gasteiger partial charge in [0.05, 0.1) is 9.35 Å². The molecule has 112 valence electrons. The lowest BCUT2D eigenvalue weighted by molar-refractivity contribution is 0.0955. The Kier molecular flexibility index (Phi) is 4.40. The molecule has 0 spiro atoms. The van der Waals surface area contributed by atoms with Gasteiger partial charge in [0.15, 0.2) is 0 Å². The molecular formula is C16H13BrN2O2S. The van der Waals surface area contributed by atoms with Crippen molar-refractivity contribution in [3.8, 4) is 0 Å². The van der Waals surface area contributed by atoms with E-state index in [2.05, 4.69) is 26.2 Å². The van der Waals surface area contributed by atoms with Gasteiger partial charge in [-0.1, -0.05) is 18.2 Å². The van der Waals surface area contributed by atoms with Crippen LogP contribution in [-0.2, 0) is 6.42 Å². The summed E-state index contributed by atoms with van der Waals surface area (Å²) in [4.78, 5) is 27.9. The van der Waals surface area contributed by atoms with E-state index < -0.39 is 0 Å². The van der Waals surface area contributed by atoms with E-state index >= 15 is 0 Å². The van der Waals surface area contributed by atoms with Gasteiger partial charge in [-0.15, -0.1) is 11.3 Å². The maximum atomic E-state index is 12.3. The van der Waals surface area contributed by atoms with Gasteiger partial charge in [-0.3, -0.25) is 9.59 Å². The molecule has 1 aromatic carbocycles. The molecule has 0 aliphatic carbocycles. The van der Waals surface area contributed by atoms with Gasteiger partial charge in [0.2, 0.25) is 5.56 Å². The first-order chi connectivity index (χ1) is 10.6. The van der Waals surface area contributed by atoms with E-state index in [1.807, 2.05) is 30.3 Å². The van der Waals surface area contributed by atoms with Crippen molar-refractivity contribution in [2.75, 3.05) is 6.54 Å². The van der Waals surface area contributed by atoms with Crippen LogP contribution in [0.5, 0.6) is 0 Å². The van der Waals surface area contributed by atoms with E-state index in [4.69, 9.17) is 0 Å². The number of nitrogens with one attached hydrogen (secondary N) is 2. The zero-order chi connectivity index (χ0) is 15.5. The van der Waals surface area contributed by atoms with Gasteiger partial charge >= 0.3 is 0 Å². The Morgan fingerprint density at radius 1 is 1.23 bits per heavy atom. The van der Waals surface area contributed by atoms with E-state index in [1.165, 1.54) is 10.9 Å². The minimum absolute atomic E-state index is 0.224. The Bertz CT molecular complexity index is 885. The third-order valence-electron chi connectivity index (χ3n) is 3.28.